The van der Waals surface area contributed by atoms with Crippen LogP contribution in [-0.2, 0) is 0 Å². The van der Waals surface area contributed by atoms with E-state index in [0.29, 0.717) is 22.9 Å². The molecule has 0 unspecified atom stereocenters. The van der Waals surface area contributed by atoms with Crippen LogP contribution in [0.4, 0.5) is 11.4 Å². The van der Waals surface area contributed by atoms with E-state index in [4.69, 9.17) is 10.5 Å². The van der Waals surface area contributed by atoms with Crippen LogP contribution in [0.3, 0.4) is 0 Å². The number of hydrogen-bond acceptors (Lipinski definition) is 5. The smallest absolute Gasteiger partial charge is 0.255 e. The molecule has 0 spiro atoms. The molecule has 3 aromatic carbocycles. The molecule has 10 nitrogen and oxygen atoms in total. The van der Waals surface area contributed by atoms with Gasteiger partial charge in [0.2, 0.25) is 5.91 Å². The molecule has 1 aromatic heterocycles. The molecular weight excluding hydrogens is 494 g/mol. The van der Waals surface area contributed by atoms with E-state index in [9.17, 15) is 14.7 Å². The third kappa shape index (κ3) is 5.07. The number of imidazole rings is 1. The van der Waals surface area contributed by atoms with Gasteiger partial charge < -0.3 is 19.9 Å². The van der Waals surface area contributed by atoms with Crippen LogP contribution in [-0.4, -0.2) is 45.7 Å². The van der Waals surface area contributed by atoms with Crippen LogP contribution in [0.1, 0.15) is 52.4 Å². The fourth-order valence-corrected chi connectivity index (χ4v) is 5.09. The lowest BCUT2D eigenvalue weighted by Gasteiger charge is -2.31. The second-order valence-electron chi connectivity index (χ2n) is 10.0. The van der Waals surface area contributed by atoms with E-state index in [1.807, 2.05) is 42.5 Å². The number of nitrogens with zero attached hydrogens (tertiary/aromatic N) is 6. The maximum absolute atomic E-state index is 13.0. The van der Waals surface area contributed by atoms with E-state index in [1.54, 1.807) is 24.3 Å². The summed E-state index contributed by atoms with van der Waals surface area (Å²) in [5.41, 5.74) is 13.7. The summed E-state index contributed by atoms with van der Waals surface area (Å²) in [5, 5.41) is 15.9. The number of benzene rings is 3. The minimum absolute atomic E-state index is 0.197. The summed E-state index contributed by atoms with van der Waals surface area (Å²) in [4.78, 5) is 34.5. The van der Waals surface area contributed by atoms with Gasteiger partial charge in [0.15, 0.2) is 0 Å². The molecule has 0 bridgehead atoms. The third-order valence-electron chi connectivity index (χ3n) is 7.34. The minimum atomic E-state index is -0.624. The largest absolute Gasteiger partial charge is 0.393 e. The van der Waals surface area contributed by atoms with Gasteiger partial charge in [-0.05, 0) is 78.8 Å². The average Bonchev–Trinajstić information content (AvgIpc) is 3.73. The zero-order valence-electron chi connectivity index (χ0n) is 21.2. The molecule has 196 valence electrons. The van der Waals surface area contributed by atoms with Gasteiger partial charge in [-0.3, -0.25) is 9.59 Å². The van der Waals surface area contributed by atoms with Gasteiger partial charge >= 0.3 is 0 Å². The summed E-state index contributed by atoms with van der Waals surface area (Å²) in [6.07, 6.45) is 3.42. The highest BCUT2D eigenvalue weighted by Gasteiger charge is 2.29. The number of hydrogen-bond donors (Lipinski definition) is 2. The van der Waals surface area contributed by atoms with E-state index < -0.39 is 5.91 Å². The maximum Gasteiger partial charge on any atom is 0.255 e. The van der Waals surface area contributed by atoms with Gasteiger partial charge in [0, 0.05) is 52.1 Å². The number of aliphatic hydroxyl groups excluding tert-OH is 1. The van der Waals surface area contributed by atoms with Crippen molar-refractivity contribution in [3.8, 4) is 11.4 Å². The highest BCUT2D eigenvalue weighted by molar-refractivity contribution is 6.05. The number of amides is 2. The number of rotatable bonds is 6. The molecule has 0 atom stereocenters. The van der Waals surface area contributed by atoms with Crippen LogP contribution in [0, 0.1) is 0 Å². The van der Waals surface area contributed by atoms with Crippen LogP contribution in [0.5, 0.6) is 0 Å². The quantitative estimate of drug-likeness (QED) is 0.190. The Labute approximate surface area is 224 Å². The summed E-state index contributed by atoms with van der Waals surface area (Å²) < 4.78 is 2.21. The lowest BCUT2D eigenvalue weighted by Crippen LogP contribution is -2.35. The fraction of sp³-hybridized carbons (Fsp3) is 0.276. The van der Waals surface area contributed by atoms with E-state index in [0.717, 1.165) is 66.9 Å². The van der Waals surface area contributed by atoms with Crippen LogP contribution in [0.15, 0.2) is 71.8 Å². The Balaban J connectivity index is 1.22. The van der Waals surface area contributed by atoms with Crippen molar-refractivity contribution in [2.45, 2.75) is 37.8 Å². The number of fused-ring (bicyclic) bond motifs is 1. The summed E-state index contributed by atoms with van der Waals surface area (Å²) in [6.45, 7) is 1.61. The molecule has 1 saturated heterocycles. The van der Waals surface area contributed by atoms with E-state index in [2.05, 4.69) is 24.8 Å². The van der Waals surface area contributed by atoms with Crippen LogP contribution >= 0.6 is 0 Å². The lowest BCUT2D eigenvalue weighted by atomic mass is 10.1. The van der Waals surface area contributed by atoms with E-state index >= 15 is 0 Å². The molecule has 1 aliphatic carbocycles. The number of piperidine rings is 1. The molecule has 2 aliphatic rings. The van der Waals surface area contributed by atoms with Gasteiger partial charge in [0.1, 0.15) is 5.82 Å². The summed E-state index contributed by atoms with van der Waals surface area (Å²) in [5.74, 6) is -0.0298. The topological polar surface area (TPSA) is 136 Å². The van der Waals surface area contributed by atoms with Crippen molar-refractivity contribution in [2.75, 3.05) is 23.3 Å². The van der Waals surface area contributed by atoms with Crippen LogP contribution in [0.25, 0.3) is 32.9 Å². The maximum atomic E-state index is 13.0. The van der Waals surface area contributed by atoms with Gasteiger partial charge in [-0.25, -0.2) is 4.98 Å². The molecule has 2 N–H and O–H groups in total. The SMILES string of the molecule is [N-]=[N+]=NC(=O)c1ccc(-c2nc3cc(NC(=O)c4ccc(N5CCC(O)CC5)cc4)ccc3n2C2CC2)cc1. The van der Waals surface area contributed by atoms with Crippen molar-refractivity contribution in [1.82, 2.24) is 9.55 Å². The summed E-state index contributed by atoms with van der Waals surface area (Å²) in [6, 6.07) is 20.5. The molecule has 1 aliphatic heterocycles. The normalized spacial score (nSPS) is 15.7. The van der Waals surface area contributed by atoms with Crippen molar-refractivity contribution in [2.24, 2.45) is 5.11 Å². The third-order valence-corrected chi connectivity index (χ3v) is 7.34. The Morgan fingerprint density at radius 3 is 2.31 bits per heavy atom. The molecule has 10 heteroatoms. The zero-order valence-corrected chi connectivity index (χ0v) is 21.2. The molecule has 0 radical (unpaired) electrons. The molecule has 4 aromatic rings. The number of carbonyl (C=O) groups is 2. The first-order valence-corrected chi connectivity index (χ1v) is 13.1. The fourth-order valence-electron chi connectivity index (χ4n) is 5.09. The molecule has 6 rings (SSSR count). The van der Waals surface area contributed by atoms with Gasteiger partial charge in [0.05, 0.1) is 17.1 Å². The zero-order chi connectivity index (χ0) is 26.9. The number of azide groups is 1. The molecular formula is C29H27N7O3. The van der Waals surface area contributed by atoms with Crippen molar-refractivity contribution in [3.63, 3.8) is 0 Å². The van der Waals surface area contributed by atoms with E-state index in [-0.39, 0.29) is 12.0 Å². The summed E-state index contributed by atoms with van der Waals surface area (Å²) in [7, 11) is 0. The van der Waals surface area contributed by atoms with Gasteiger partial charge in [-0.1, -0.05) is 24.3 Å². The Morgan fingerprint density at radius 1 is 0.949 bits per heavy atom. The number of aliphatic hydroxyl groups is 1. The number of nitrogens with one attached hydrogen (secondary N) is 1. The lowest BCUT2D eigenvalue weighted by molar-refractivity contribution is 0.0997. The van der Waals surface area contributed by atoms with Crippen molar-refractivity contribution in [1.29, 1.82) is 0 Å². The van der Waals surface area contributed by atoms with Gasteiger partial charge in [0.25, 0.3) is 5.91 Å². The number of aromatic nitrogens is 2. The molecule has 2 amide bonds. The first-order chi connectivity index (χ1) is 19.0. The van der Waals surface area contributed by atoms with Crippen molar-refractivity contribution < 1.29 is 14.7 Å². The second-order valence-corrected chi connectivity index (χ2v) is 10.0. The first-order valence-electron chi connectivity index (χ1n) is 13.1. The van der Waals surface area contributed by atoms with Gasteiger partial charge in [-0.15, -0.1) is 0 Å². The monoisotopic (exact) mass is 521 g/mol. The van der Waals surface area contributed by atoms with Crippen molar-refractivity contribution in [3.05, 3.63) is 88.3 Å². The predicted octanol–water partition coefficient (Wildman–Crippen LogP) is 5.70. The van der Waals surface area contributed by atoms with Crippen molar-refractivity contribution >= 4 is 34.2 Å². The van der Waals surface area contributed by atoms with Crippen LogP contribution < -0.4 is 10.2 Å². The average molecular weight is 522 g/mol. The first kappa shape index (κ1) is 24.7. The number of carbonyl (C=O) groups excluding carboxylic acids is 2. The van der Waals surface area contributed by atoms with E-state index in [1.165, 1.54) is 0 Å². The minimum Gasteiger partial charge on any atom is -0.393 e. The summed E-state index contributed by atoms with van der Waals surface area (Å²) >= 11 is 0. The Morgan fingerprint density at radius 2 is 1.64 bits per heavy atom. The highest BCUT2D eigenvalue weighted by atomic mass is 16.3. The molecule has 1 saturated carbocycles. The van der Waals surface area contributed by atoms with Gasteiger partial charge in [-0.2, -0.15) is 0 Å². The highest BCUT2D eigenvalue weighted by Crippen LogP contribution is 2.41. The standard InChI is InChI=1S/C29H27N7O3/c30-34-33-29(39)20-3-1-18(2-4-20)27-32-25-17-21(7-12-26(25)36(27)23-10-11-23)31-28(38)19-5-8-22(9-6-19)35-15-13-24(37)14-16-35/h1-9,12,17,23-24,37H,10-11,13-16H2,(H,31,38). The molecule has 2 fully saturated rings. The Bertz CT molecular complexity index is 1590. The van der Waals surface area contributed by atoms with Crippen LogP contribution in [0.2, 0.25) is 0 Å². The second kappa shape index (κ2) is 10.2. The predicted molar refractivity (Wildman–Crippen MR) is 149 cm³/mol. The molecule has 39 heavy (non-hydrogen) atoms. The number of anilines is 2. The molecule has 2 heterocycles. The Hall–Kier alpha value is -4.66. The Kier molecular flexibility index (Phi) is 6.48.